The minimum atomic E-state index is -0.125. The minimum absolute atomic E-state index is 0.125. The molecule has 0 aromatic carbocycles. The summed E-state index contributed by atoms with van der Waals surface area (Å²) in [7, 11) is 0. The first-order valence-electron chi connectivity index (χ1n) is 3.97. The second-order valence-electron chi connectivity index (χ2n) is 2.33. The van der Waals surface area contributed by atoms with Crippen LogP contribution in [0.5, 0.6) is 0 Å². The highest BCUT2D eigenvalue weighted by molar-refractivity contribution is 5.06. The topological polar surface area (TPSA) is 0 Å². The Hall–Kier alpha value is -0.260. The van der Waals surface area contributed by atoms with Crippen LogP contribution in [0.15, 0.2) is 12.2 Å². The molecular formula is C7H10. The first-order valence-corrected chi connectivity index (χ1v) is 2.82. The van der Waals surface area contributed by atoms with E-state index in [0.717, 1.165) is 6.42 Å². The van der Waals surface area contributed by atoms with Crippen LogP contribution in [0.25, 0.3) is 0 Å². The van der Waals surface area contributed by atoms with E-state index in [9.17, 15) is 0 Å². The smallest absolute Gasteiger partial charge is 0.0273 e. The van der Waals surface area contributed by atoms with Gasteiger partial charge in [-0.05, 0) is 31.1 Å². The van der Waals surface area contributed by atoms with Crippen LogP contribution in [-0.4, -0.2) is 0 Å². The van der Waals surface area contributed by atoms with E-state index < -0.39 is 0 Å². The molecule has 0 aliphatic heterocycles. The third-order valence-corrected chi connectivity index (χ3v) is 1.76. The first kappa shape index (κ1) is 2.34. The molecule has 0 saturated heterocycles. The van der Waals surface area contributed by atoms with Gasteiger partial charge in [-0.3, -0.25) is 0 Å². The molecule has 0 nitrogen and oxygen atoms in total. The molecule has 0 N–H and O–H groups in total. The molecule has 1 saturated carbocycles. The highest BCUT2D eigenvalue weighted by atomic mass is 14.3. The molecule has 0 radical (unpaired) electrons. The van der Waals surface area contributed by atoms with Crippen molar-refractivity contribution in [1.29, 1.82) is 0 Å². The maximum Gasteiger partial charge on any atom is 0.0273 e. The summed E-state index contributed by atoms with van der Waals surface area (Å²) >= 11 is 0. The lowest BCUT2D eigenvalue weighted by Gasteiger charge is -1.96. The first-order chi connectivity index (χ1) is 4.29. The summed E-state index contributed by atoms with van der Waals surface area (Å²) in [5.41, 5.74) is 0. The standard InChI is InChI=1S/C7H10/c1-2-7-4-3-6(1)5-7/h1-2,6-7H,3-5H2/t6-,7+/i3D,4D/t3-,4-,6-,7+/m0/s1. The molecule has 2 rings (SSSR count). The Labute approximate surface area is 47.0 Å². The molecule has 7 heavy (non-hydrogen) atoms. The Kier molecular flexibility index (Phi) is 0.374. The van der Waals surface area contributed by atoms with E-state index in [1.54, 1.807) is 0 Å². The summed E-state index contributed by atoms with van der Waals surface area (Å²) in [6.45, 7) is 0. The van der Waals surface area contributed by atoms with Gasteiger partial charge in [0.05, 0.1) is 0 Å². The number of rotatable bonds is 0. The second kappa shape index (κ2) is 1.12. The van der Waals surface area contributed by atoms with Crippen LogP contribution in [0.4, 0.5) is 0 Å². The maximum atomic E-state index is 7.49. The van der Waals surface area contributed by atoms with Gasteiger partial charge < -0.3 is 0 Å². The van der Waals surface area contributed by atoms with Gasteiger partial charge in [0.2, 0.25) is 0 Å². The van der Waals surface area contributed by atoms with Crippen LogP contribution in [0.2, 0.25) is 0 Å². The summed E-state index contributed by atoms with van der Waals surface area (Å²) in [6, 6.07) is 0. The van der Waals surface area contributed by atoms with Gasteiger partial charge in [0.25, 0.3) is 0 Å². The highest BCUT2D eigenvalue weighted by Crippen LogP contribution is 2.38. The third-order valence-electron chi connectivity index (χ3n) is 1.76. The van der Waals surface area contributed by atoms with E-state index in [0.29, 0.717) is 11.8 Å². The zero-order valence-corrected chi connectivity index (χ0v) is 4.17. The Bertz CT molecular complexity index is 137. The molecule has 0 heterocycles. The predicted molar refractivity (Wildman–Crippen MR) is 30.0 cm³/mol. The number of allylic oxidation sites excluding steroid dienone is 2. The number of fused-ring (bicyclic) bond motifs is 2. The third kappa shape index (κ3) is 0.425. The van der Waals surface area contributed by atoms with Crippen LogP contribution in [-0.2, 0) is 0 Å². The minimum Gasteiger partial charge on any atom is -0.0851 e. The van der Waals surface area contributed by atoms with E-state index in [4.69, 9.17) is 2.74 Å². The molecule has 0 aromatic heterocycles. The fourth-order valence-corrected chi connectivity index (χ4v) is 1.33. The largest absolute Gasteiger partial charge is 0.0851 e. The number of hydrogen-bond donors (Lipinski definition) is 0. The zero-order valence-electron chi connectivity index (χ0n) is 6.17. The maximum absolute atomic E-state index is 7.49. The van der Waals surface area contributed by atoms with Crippen molar-refractivity contribution in [3.8, 4) is 0 Å². The van der Waals surface area contributed by atoms with Gasteiger partial charge in [0.1, 0.15) is 0 Å². The normalized spacial score (nSPS) is 70.9. The molecule has 0 aromatic rings. The second-order valence-corrected chi connectivity index (χ2v) is 2.33. The van der Waals surface area contributed by atoms with E-state index in [-0.39, 0.29) is 12.8 Å². The van der Waals surface area contributed by atoms with E-state index in [2.05, 4.69) is 12.2 Å². The molecule has 0 heteroatoms. The summed E-state index contributed by atoms with van der Waals surface area (Å²) < 4.78 is 15.0. The average Bonchev–Trinajstić information content (AvgIpc) is 2.37. The lowest BCUT2D eigenvalue weighted by Crippen LogP contribution is -1.82. The fraction of sp³-hybridized carbons (Fsp3) is 0.714. The molecule has 4 atom stereocenters. The highest BCUT2D eigenvalue weighted by Gasteiger charge is 2.25. The van der Waals surface area contributed by atoms with Crippen molar-refractivity contribution in [2.24, 2.45) is 11.8 Å². The molecule has 2 aliphatic carbocycles. The van der Waals surface area contributed by atoms with Gasteiger partial charge in [0, 0.05) is 2.74 Å². The fourth-order valence-electron chi connectivity index (χ4n) is 1.33. The van der Waals surface area contributed by atoms with Gasteiger partial charge in [-0.15, -0.1) is 0 Å². The van der Waals surface area contributed by atoms with Crippen LogP contribution in [0, 0.1) is 11.8 Å². The molecule has 38 valence electrons. The summed E-state index contributed by atoms with van der Waals surface area (Å²) in [4.78, 5) is 0. The van der Waals surface area contributed by atoms with Gasteiger partial charge in [-0.1, -0.05) is 12.2 Å². The van der Waals surface area contributed by atoms with Crippen molar-refractivity contribution in [2.45, 2.75) is 19.2 Å². The van der Waals surface area contributed by atoms with Gasteiger partial charge >= 0.3 is 0 Å². The molecule has 0 amide bonds. The molecule has 0 spiro atoms. The summed E-state index contributed by atoms with van der Waals surface area (Å²) in [5, 5.41) is 0. The zero-order chi connectivity index (χ0) is 6.43. The summed E-state index contributed by atoms with van der Waals surface area (Å²) in [6.07, 6.45) is 5.03. The summed E-state index contributed by atoms with van der Waals surface area (Å²) in [5.74, 6) is 0.829. The van der Waals surface area contributed by atoms with Gasteiger partial charge in [-0.25, -0.2) is 0 Å². The van der Waals surface area contributed by atoms with Crippen LogP contribution >= 0.6 is 0 Å². The van der Waals surface area contributed by atoms with Crippen LogP contribution < -0.4 is 0 Å². The predicted octanol–water partition coefficient (Wildman–Crippen LogP) is 1.97. The lowest BCUT2D eigenvalue weighted by atomic mass is 10.1. The van der Waals surface area contributed by atoms with Crippen LogP contribution in [0.3, 0.4) is 0 Å². The quantitative estimate of drug-likeness (QED) is 0.404. The van der Waals surface area contributed by atoms with Crippen molar-refractivity contribution in [3.63, 3.8) is 0 Å². The molecular weight excluding hydrogens is 84.1 g/mol. The van der Waals surface area contributed by atoms with E-state index in [1.807, 2.05) is 0 Å². The Balaban J connectivity index is 2.26. The SMILES string of the molecule is [2H][C@H]1[C@H]([2H])[C@H]2C=C[C@@H]1C2. The van der Waals surface area contributed by atoms with Crippen molar-refractivity contribution >= 4 is 0 Å². The van der Waals surface area contributed by atoms with Crippen LogP contribution in [0.1, 0.15) is 22.0 Å². The Morgan fingerprint density at radius 3 is 2.14 bits per heavy atom. The van der Waals surface area contributed by atoms with Crippen molar-refractivity contribution in [2.75, 3.05) is 0 Å². The van der Waals surface area contributed by atoms with Crippen molar-refractivity contribution < 1.29 is 2.74 Å². The molecule has 1 fully saturated rings. The monoisotopic (exact) mass is 96.1 g/mol. The van der Waals surface area contributed by atoms with E-state index >= 15 is 0 Å². The van der Waals surface area contributed by atoms with Crippen molar-refractivity contribution in [3.05, 3.63) is 12.2 Å². The molecule has 2 aliphatic rings. The number of hydrogen-bond acceptors (Lipinski definition) is 0. The molecule has 0 unspecified atom stereocenters. The Morgan fingerprint density at radius 2 is 1.86 bits per heavy atom. The van der Waals surface area contributed by atoms with Crippen molar-refractivity contribution in [1.82, 2.24) is 0 Å². The van der Waals surface area contributed by atoms with E-state index in [1.165, 1.54) is 0 Å². The average molecular weight is 96.2 g/mol. The molecule has 2 bridgehead atoms. The van der Waals surface area contributed by atoms with Gasteiger partial charge in [-0.2, -0.15) is 0 Å². The van der Waals surface area contributed by atoms with Gasteiger partial charge in [0.15, 0.2) is 0 Å². The lowest BCUT2D eigenvalue weighted by molar-refractivity contribution is 0.691. The Morgan fingerprint density at radius 1 is 1.29 bits per heavy atom.